The first-order valence-electron chi connectivity index (χ1n) is 13.4. The van der Waals surface area contributed by atoms with Crippen molar-refractivity contribution in [2.24, 2.45) is 5.92 Å². The zero-order chi connectivity index (χ0) is 27.3. The number of carbonyl (C=O) groups is 1. The van der Waals surface area contributed by atoms with Crippen molar-refractivity contribution in [3.8, 4) is 5.75 Å². The Hall–Kier alpha value is -3.40. The van der Waals surface area contributed by atoms with Crippen molar-refractivity contribution in [2.75, 3.05) is 29.9 Å². The second kappa shape index (κ2) is 9.97. The van der Waals surface area contributed by atoms with Gasteiger partial charge in [0.2, 0.25) is 0 Å². The molecule has 3 aliphatic heterocycles. The van der Waals surface area contributed by atoms with Crippen molar-refractivity contribution >= 4 is 46.1 Å². The van der Waals surface area contributed by atoms with Crippen LogP contribution in [0.4, 0.5) is 26.5 Å². The summed E-state index contributed by atoms with van der Waals surface area (Å²) in [7, 11) is 0. The largest absolute Gasteiger partial charge is 0.492 e. The van der Waals surface area contributed by atoms with Crippen LogP contribution in [0.25, 0.3) is 11.0 Å². The van der Waals surface area contributed by atoms with Gasteiger partial charge in [0.15, 0.2) is 11.6 Å². The Morgan fingerprint density at radius 2 is 1.90 bits per heavy atom. The SMILES string of the molecule is CC(C)(C)OC(=O)N1CC2CC[C@H]1CN2c1ccc2ncnc(Nc3ccc(OCC4CC4)c(Cl)c3F)c2n1. The molecule has 39 heavy (non-hydrogen) atoms. The molecule has 1 aromatic carbocycles. The lowest BCUT2D eigenvalue weighted by Crippen LogP contribution is -2.64. The van der Waals surface area contributed by atoms with E-state index in [1.165, 1.54) is 6.33 Å². The Balaban J connectivity index is 1.23. The maximum absolute atomic E-state index is 15.2. The second-order valence-electron chi connectivity index (χ2n) is 11.5. The van der Waals surface area contributed by atoms with E-state index in [9.17, 15) is 4.79 Å². The first kappa shape index (κ1) is 25.9. The van der Waals surface area contributed by atoms with Crippen LogP contribution in [0.1, 0.15) is 46.5 Å². The van der Waals surface area contributed by atoms with Gasteiger partial charge in [-0.2, -0.15) is 0 Å². The highest BCUT2D eigenvalue weighted by atomic mass is 35.5. The molecule has 9 nitrogen and oxygen atoms in total. The van der Waals surface area contributed by atoms with Gasteiger partial charge in [-0.1, -0.05) is 11.6 Å². The second-order valence-corrected chi connectivity index (χ2v) is 11.9. The molecule has 2 aromatic heterocycles. The number of pyridine rings is 1. The number of hydrogen-bond acceptors (Lipinski definition) is 8. The van der Waals surface area contributed by atoms with E-state index >= 15 is 4.39 Å². The van der Waals surface area contributed by atoms with Gasteiger partial charge < -0.3 is 24.6 Å². The van der Waals surface area contributed by atoms with Crippen LogP contribution in [0.3, 0.4) is 0 Å². The average molecular weight is 555 g/mol. The number of piperazine rings is 1. The van der Waals surface area contributed by atoms with Gasteiger partial charge in [0.25, 0.3) is 0 Å². The van der Waals surface area contributed by atoms with Gasteiger partial charge in [0, 0.05) is 19.1 Å². The van der Waals surface area contributed by atoms with Crippen LogP contribution < -0.4 is 15.0 Å². The van der Waals surface area contributed by atoms with Crippen LogP contribution in [-0.2, 0) is 4.74 Å². The van der Waals surface area contributed by atoms with Crippen molar-refractivity contribution in [2.45, 2.75) is 64.1 Å². The third-order valence-electron chi connectivity index (χ3n) is 7.39. The fourth-order valence-electron chi connectivity index (χ4n) is 5.19. The van der Waals surface area contributed by atoms with Crippen LogP contribution in [0, 0.1) is 11.7 Å². The number of ether oxygens (including phenoxy) is 2. The van der Waals surface area contributed by atoms with Gasteiger partial charge >= 0.3 is 6.09 Å². The smallest absolute Gasteiger partial charge is 0.410 e. The van der Waals surface area contributed by atoms with E-state index in [0.717, 1.165) is 31.5 Å². The maximum Gasteiger partial charge on any atom is 0.410 e. The van der Waals surface area contributed by atoms with E-state index in [1.54, 1.807) is 12.1 Å². The van der Waals surface area contributed by atoms with Crippen molar-refractivity contribution in [1.29, 1.82) is 0 Å². The summed E-state index contributed by atoms with van der Waals surface area (Å²) in [6.07, 6.45) is 5.30. The number of hydrogen-bond donors (Lipinski definition) is 1. The fourth-order valence-corrected chi connectivity index (χ4v) is 5.41. The van der Waals surface area contributed by atoms with Crippen molar-refractivity contribution in [3.63, 3.8) is 0 Å². The van der Waals surface area contributed by atoms with Crippen LogP contribution >= 0.6 is 11.6 Å². The highest BCUT2D eigenvalue weighted by molar-refractivity contribution is 6.32. The Bertz CT molecular complexity index is 1410. The maximum atomic E-state index is 15.2. The van der Waals surface area contributed by atoms with Crippen LogP contribution in [0.15, 0.2) is 30.6 Å². The van der Waals surface area contributed by atoms with E-state index in [-0.39, 0.29) is 28.9 Å². The van der Waals surface area contributed by atoms with E-state index in [4.69, 9.17) is 26.1 Å². The molecule has 7 rings (SSSR count). The highest BCUT2D eigenvalue weighted by Gasteiger charge is 2.43. The first-order chi connectivity index (χ1) is 18.7. The predicted octanol–water partition coefficient (Wildman–Crippen LogP) is 5.94. The molecule has 0 radical (unpaired) electrons. The monoisotopic (exact) mass is 554 g/mol. The molecule has 4 fully saturated rings. The summed E-state index contributed by atoms with van der Waals surface area (Å²) in [5.41, 5.74) is 0.787. The lowest BCUT2D eigenvalue weighted by Gasteiger charge is -2.51. The van der Waals surface area contributed by atoms with Crippen LogP contribution in [0.2, 0.25) is 5.02 Å². The average Bonchev–Trinajstić information content (AvgIpc) is 3.74. The lowest BCUT2D eigenvalue weighted by molar-refractivity contribution is 0.000790. The number of anilines is 3. The molecule has 2 bridgehead atoms. The van der Waals surface area contributed by atoms with Crippen LogP contribution in [-0.4, -0.2) is 63.3 Å². The number of carbonyl (C=O) groups excluding carboxylic acids is 1. The molecule has 2 atom stereocenters. The van der Waals surface area contributed by atoms with E-state index in [2.05, 4.69) is 20.2 Å². The molecule has 4 aliphatic rings. The summed E-state index contributed by atoms with van der Waals surface area (Å²) in [5.74, 6) is 1.40. The highest BCUT2D eigenvalue weighted by Crippen LogP contribution is 2.37. The van der Waals surface area contributed by atoms with Gasteiger partial charge in [0.1, 0.15) is 34.0 Å². The quantitative estimate of drug-likeness (QED) is 0.400. The molecule has 11 heteroatoms. The number of benzene rings is 1. The predicted molar refractivity (Wildman–Crippen MR) is 147 cm³/mol. The minimum absolute atomic E-state index is 0.0452. The van der Waals surface area contributed by atoms with Gasteiger partial charge in [0.05, 0.1) is 23.9 Å². The third-order valence-corrected chi connectivity index (χ3v) is 7.74. The van der Waals surface area contributed by atoms with E-state index in [0.29, 0.717) is 48.2 Å². The fraction of sp³-hybridized carbons (Fsp3) is 0.500. The minimum Gasteiger partial charge on any atom is -0.492 e. The molecule has 206 valence electrons. The zero-order valence-electron chi connectivity index (χ0n) is 22.3. The van der Waals surface area contributed by atoms with E-state index in [1.807, 2.05) is 37.8 Å². The standard InChI is InChI=1S/C28H32ClFN6O3/c1-28(2,3)39-27(37)36-13-17-6-7-18(36)12-35(17)22-11-9-20-25(34-22)26(32-15-31-20)33-19-8-10-21(23(29)24(19)30)38-14-16-4-5-16/h8-11,15-18H,4-7,12-14H2,1-3H3,(H,31,32,33)/t17?,18-/m0/s1. The third kappa shape index (κ3) is 5.39. The Morgan fingerprint density at radius 3 is 2.62 bits per heavy atom. The summed E-state index contributed by atoms with van der Waals surface area (Å²) in [4.78, 5) is 30.4. The Labute approximate surface area is 231 Å². The topological polar surface area (TPSA) is 92.7 Å². The van der Waals surface area contributed by atoms with Crippen molar-refractivity contribution < 1.29 is 18.7 Å². The molecule has 0 spiro atoms. The molecule has 1 saturated carbocycles. The molecule has 1 unspecified atom stereocenters. The number of amides is 1. The summed E-state index contributed by atoms with van der Waals surface area (Å²) < 4.78 is 26.5. The number of piperidine rings is 2. The molecular weight excluding hydrogens is 523 g/mol. The molecule has 5 heterocycles. The summed E-state index contributed by atoms with van der Waals surface area (Å²) >= 11 is 6.29. The number of aromatic nitrogens is 3. The number of fused-ring (bicyclic) bond motifs is 4. The normalized spacial score (nSPS) is 20.8. The van der Waals surface area contributed by atoms with Gasteiger partial charge in [-0.3, -0.25) is 0 Å². The molecular formula is C28H32ClFN6O3. The Kier molecular flexibility index (Phi) is 6.61. The molecule has 1 aliphatic carbocycles. The Morgan fingerprint density at radius 1 is 1.10 bits per heavy atom. The minimum atomic E-state index is -0.608. The number of nitrogens with one attached hydrogen (secondary N) is 1. The molecule has 3 saturated heterocycles. The van der Waals surface area contributed by atoms with Gasteiger partial charge in [-0.25, -0.2) is 24.1 Å². The van der Waals surface area contributed by atoms with Gasteiger partial charge in [-0.15, -0.1) is 0 Å². The lowest BCUT2D eigenvalue weighted by atomic mass is 9.91. The zero-order valence-corrected chi connectivity index (χ0v) is 23.0. The van der Waals surface area contributed by atoms with Crippen molar-refractivity contribution in [1.82, 2.24) is 19.9 Å². The van der Waals surface area contributed by atoms with E-state index < -0.39 is 11.4 Å². The molecule has 1 N–H and O–H groups in total. The summed E-state index contributed by atoms with van der Waals surface area (Å²) in [6.45, 7) is 7.42. The first-order valence-corrected chi connectivity index (χ1v) is 13.8. The van der Waals surface area contributed by atoms with Gasteiger partial charge in [-0.05, 0) is 76.6 Å². The number of nitrogens with zero attached hydrogens (tertiary/aromatic N) is 5. The van der Waals surface area contributed by atoms with Crippen LogP contribution in [0.5, 0.6) is 5.75 Å². The molecule has 1 amide bonds. The number of rotatable bonds is 6. The van der Waals surface area contributed by atoms with Crippen molar-refractivity contribution in [3.05, 3.63) is 41.4 Å². The number of halogens is 2. The summed E-state index contributed by atoms with van der Waals surface area (Å²) in [6, 6.07) is 7.24. The molecule has 3 aromatic rings. The summed E-state index contributed by atoms with van der Waals surface area (Å²) in [5, 5.41) is 2.99.